The summed E-state index contributed by atoms with van der Waals surface area (Å²) < 4.78 is 19.0. The Morgan fingerprint density at radius 2 is 1.92 bits per heavy atom. The van der Waals surface area contributed by atoms with E-state index in [4.69, 9.17) is 10.5 Å². The number of likely N-dealkylation sites (tertiary alicyclic amines) is 1. The molecule has 2 N–H and O–H groups in total. The number of fused-ring (bicyclic) bond motifs is 1. The molecule has 1 amide bonds. The van der Waals surface area contributed by atoms with Crippen LogP contribution in [0.2, 0.25) is 0 Å². The fourth-order valence-corrected chi connectivity index (χ4v) is 3.14. The van der Waals surface area contributed by atoms with Crippen LogP contribution in [-0.4, -0.2) is 35.1 Å². The minimum absolute atomic E-state index is 0.332. The first-order chi connectivity index (χ1) is 12.6. The van der Waals surface area contributed by atoms with Gasteiger partial charge in [-0.2, -0.15) is 0 Å². The van der Waals surface area contributed by atoms with E-state index in [0.29, 0.717) is 36.8 Å². The van der Waals surface area contributed by atoms with E-state index in [2.05, 4.69) is 9.88 Å². The van der Waals surface area contributed by atoms with Gasteiger partial charge in [-0.05, 0) is 23.1 Å². The minimum Gasteiger partial charge on any atom is -0.438 e. The Bertz CT molecular complexity index is 953. The highest BCUT2D eigenvalue weighted by molar-refractivity contribution is 5.92. The molecule has 1 fully saturated rings. The molecule has 1 saturated heterocycles. The van der Waals surface area contributed by atoms with Crippen molar-refractivity contribution in [1.29, 1.82) is 0 Å². The van der Waals surface area contributed by atoms with Crippen LogP contribution in [-0.2, 0) is 6.54 Å². The summed E-state index contributed by atoms with van der Waals surface area (Å²) in [7, 11) is 0. The van der Waals surface area contributed by atoms with Gasteiger partial charge in [0.05, 0.1) is 5.56 Å². The normalized spacial score (nSPS) is 15.0. The maximum absolute atomic E-state index is 13.1. The number of hydrogen-bond donors (Lipinski definition) is 1. The summed E-state index contributed by atoms with van der Waals surface area (Å²) in [5.74, 6) is 0.534. The average Bonchev–Trinajstić information content (AvgIpc) is 2.62. The van der Waals surface area contributed by atoms with Crippen LogP contribution in [0, 0.1) is 0 Å². The van der Waals surface area contributed by atoms with Crippen LogP contribution < -0.4 is 10.5 Å². The Kier molecular flexibility index (Phi) is 4.26. The molecular weight excluding hydrogens is 333 g/mol. The van der Waals surface area contributed by atoms with Crippen molar-refractivity contribution >= 4 is 16.7 Å². The van der Waals surface area contributed by atoms with Gasteiger partial charge < -0.3 is 10.5 Å². The number of amides is 1. The van der Waals surface area contributed by atoms with Gasteiger partial charge in [0.1, 0.15) is 11.9 Å². The van der Waals surface area contributed by atoms with Crippen molar-refractivity contribution in [3.63, 3.8) is 0 Å². The molecule has 1 aromatic heterocycles. The zero-order valence-corrected chi connectivity index (χ0v) is 14.1. The first-order valence-corrected chi connectivity index (χ1v) is 8.41. The molecule has 0 bridgehead atoms. The molecule has 0 unspecified atom stereocenters. The van der Waals surface area contributed by atoms with Gasteiger partial charge in [0.2, 0.25) is 11.8 Å². The monoisotopic (exact) mass is 351 g/mol. The molecule has 2 heterocycles. The average molecular weight is 351 g/mol. The lowest BCUT2D eigenvalue weighted by atomic mass is 10.0. The van der Waals surface area contributed by atoms with Crippen molar-refractivity contribution in [3.8, 4) is 11.6 Å². The van der Waals surface area contributed by atoms with Gasteiger partial charge in [0.15, 0.2) is 0 Å². The first kappa shape index (κ1) is 16.5. The Morgan fingerprint density at radius 3 is 2.58 bits per heavy atom. The number of nitrogens with zero attached hydrogens (tertiary/aromatic N) is 2. The summed E-state index contributed by atoms with van der Waals surface area (Å²) in [6.45, 7) is 1.69. The molecule has 6 heteroatoms. The number of nitrogens with two attached hydrogens (primary N) is 1. The third kappa shape index (κ3) is 3.23. The molecule has 0 radical (unpaired) electrons. The van der Waals surface area contributed by atoms with Gasteiger partial charge in [0, 0.05) is 37.3 Å². The highest BCUT2D eigenvalue weighted by atomic mass is 19.1. The molecule has 0 saturated carbocycles. The molecule has 4 rings (SSSR count). The van der Waals surface area contributed by atoms with E-state index < -0.39 is 12.1 Å². The lowest BCUT2D eigenvalue weighted by Crippen LogP contribution is -2.47. The van der Waals surface area contributed by atoms with Gasteiger partial charge in [-0.15, -0.1) is 0 Å². The highest BCUT2D eigenvalue weighted by Crippen LogP contribution is 2.32. The number of alkyl halides is 1. The third-order valence-electron chi connectivity index (χ3n) is 4.52. The molecule has 0 atom stereocenters. The summed E-state index contributed by atoms with van der Waals surface area (Å²) in [5, 5.41) is 2.03. The van der Waals surface area contributed by atoms with Crippen LogP contribution >= 0.6 is 0 Å². The summed E-state index contributed by atoms with van der Waals surface area (Å²) in [6.07, 6.45) is 0.684. The fourth-order valence-electron chi connectivity index (χ4n) is 3.14. The molecule has 1 aliphatic rings. The second-order valence-corrected chi connectivity index (χ2v) is 6.41. The van der Waals surface area contributed by atoms with Gasteiger partial charge in [-0.1, -0.05) is 30.3 Å². The van der Waals surface area contributed by atoms with Crippen molar-refractivity contribution in [3.05, 3.63) is 65.9 Å². The van der Waals surface area contributed by atoms with E-state index in [0.717, 1.165) is 16.3 Å². The Hall–Kier alpha value is -2.99. The number of ether oxygens (including phenoxy) is 1. The summed E-state index contributed by atoms with van der Waals surface area (Å²) >= 11 is 0. The first-order valence-electron chi connectivity index (χ1n) is 8.41. The van der Waals surface area contributed by atoms with Crippen LogP contribution in [0.5, 0.6) is 11.6 Å². The predicted molar refractivity (Wildman–Crippen MR) is 96.9 cm³/mol. The molecule has 132 valence electrons. The maximum Gasteiger partial charge on any atom is 0.250 e. The van der Waals surface area contributed by atoms with E-state index in [-0.39, 0.29) is 0 Å². The topological polar surface area (TPSA) is 68.5 Å². The zero-order chi connectivity index (χ0) is 18.1. The number of carbonyl (C=O) groups excluding carboxylic acids is 1. The Labute approximate surface area is 150 Å². The Morgan fingerprint density at radius 1 is 1.15 bits per heavy atom. The summed E-state index contributed by atoms with van der Waals surface area (Å²) in [5.41, 5.74) is 6.69. The van der Waals surface area contributed by atoms with Crippen molar-refractivity contribution in [2.45, 2.75) is 12.7 Å². The molecule has 26 heavy (non-hydrogen) atoms. The van der Waals surface area contributed by atoms with Gasteiger partial charge >= 0.3 is 0 Å². The molecule has 0 aliphatic carbocycles. The number of carbonyl (C=O) groups is 1. The van der Waals surface area contributed by atoms with Gasteiger partial charge in [-0.3, -0.25) is 9.69 Å². The number of pyridine rings is 1. The third-order valence-corrected chi connectivity index (χ3v) is 4.52. The van der Waals surface area contributed by atoms with Crippen LogP contribution in [0.1, 0.15) is 15.9 Å². The number of hydrogen-bond acceptors (Lipinski definition) is 4. The quantitative estimate of drug-likeness (QED) is 0.766. The SMILES string of the molecule is NC(=O)c1ccc(Oc2ccc(CN3CC(F)C3)c3ccccc23)nc1. The lowest BCUT2D eigenvalue weighted by Gasteiger charge is -2.34. The number of benzene rings is 2. The van der Waals surface area contributed by atoms with Crippen LogP contribution in [0.3, 0.4) is 0 Å². The smallest absolute Gasteiger partial charge is 0.250 e. The molecule has 1 aliphatic heterocycles. The fraction of sp³-hybridized carbons (Fsp3) is 0.200. The molecule has 3 aromatic rings. The second kappa shape index (κ2) is 6.72. The van der Waals surface area contributed by atoms with E-state index in [9.17, 15) is 9.18 Å². The van der Waals surface area contributed by atoms with Gasteiger partial charge in [-0.25, -0.2) is 9.37 Å². The number of aromatic nitrogens is 1. The summed E-state index contributed by atoms with van der Waals surface area (Å²) in [4.78, 5) is 17.3. The number of rotatable bonds is 5. The van der Waals surface area contributed by atoms with E-state index in [1.165, 1.54) is 6.20 Å². The lowest BCUT2D eigenvalue weighted by molar-refractivity contribution is 0.0594. The summed E-state index contributed by atoms with van der Waals surface area (Å²) in [6, 6.07) is 15.0. The molecule has 0 spiro atoms. The molecule has 5 nitrogen and oxygen atoms in total. The van der Waals surface area contributed by atoms with E-state index in [1.807, 2.05) is 36.4 Å². The minimum atomic E-state index is -0.710. The standard InChI is InChI=1S/C20H18FN3O2/c21-15-11-24(12-15)10-14-5-7-18(17-4-2-1-3-16(14)17)26-19-8-6-13(9-23-19)20(22)25/h1-9,15H,10-12H2,(H2,22,25). The van der Waals surface area contributed by atoms with Crippen molar-refractivity contribution in [1.82, 2.24) is 9.88 Å². The number of primary amides is 1. The highest BCUT2D eigenvalue weighted by Gasteiger charge is 2.26. The zero-order valence-electron chi connectivity index (χ0n) is 14.1. The second-order valence-electron chi connectivity index (χ2n) is 6.41. The molecular formula is C20H18FN3O2. The van der Waals surface area contributed by atoms with Gasteiger partial charge in [0.25, 0.3) is 0 Å². The van der Waals surface area contributed by atoms with E-state index >= 15 is 0 Å². The van der Waals surface area contributed by atoms with Crippen LogP contribution in [0.4, 0.5) is 4.39 Å². The largest absolute Gasteiger partial charge is 0.438 e. The van der Waals surface area contributed by atoms with Crippen LogP contribution in [0.15, 0.2) is 54.7 Å². The maximum atomic E-state index is 13.1. The predicted octanol–water partition coefficient (Wildman–Crippen LogP) is 3.28. The number of halogens is 1. The van der Waals surface area contributed by atoms with Crippen LogP contribution in [0.25, 0.3) is 10.8 Å². The molecule has 2 aromatic carbocycles. The van der Waals surface area contributed by atoms with Crippen molar-refractivity contribution in [2.75, 3.05) is 13.1 Å². The Balaban J connectivity index is 1.62. The van der Waals surface area contributed by atoms with Crippen molar-refractivity contribution in [2.24, 2.45) is 5.73 Å². The van der Waals surface area contributed by atoms with E-state index in [1.54, 1.807) is 12.1 Å². The van der Waals surface area contributed by atoms with Crippen molar-refractivity contribution < 1.29 is 13.9 Å².